The zero-order valence-corrected chi connectivity index (χ0v) is 16.1. The van der Waals surface area contributed by atoms with Crippen LogP contribution in [0.25, 0.3) is 33.9 Å². The van der Waals surface area contributed by atoms with Crippen LogP contribution in [0, 0.1) is 0 Å². The number of tetrazole rings is 1. The third kappa shape index (κ3) is 3.66. The number of nitrogens with two attached hydrogens (primary N) is 1. The highest BCUT2D eigenvalue weighted by Crippen LogP contribution is 2.35. The van der Waals surface area contributed by atoms with E-state index in [2.05, 4.69) is 36.6 Å². The van der Waals surface area contributed by atoms with Crippen LogP contribution < -0.4 is 5.14 Å². The van der Waals surface area contributed by atoms with E-state index in [0.29, 0.717) is 21.8 Å². The van der Waals surface area contributed by atoms with Crippen LogP contribution in [-0.4, -0.2) is 46.0 Å². The molecule has 0 aliphatic carbocycles. The number of H-pyrrole nitrogens is 1. The Hall–Kier alpha value is -3.41. The van der Waals surface area contributed by atoms with Crippen LogP contribution >= 0.6 is 0 Å². The van der Waals surface area contributed by atoms with E-state index < -0.39 is 15.8 Å². The lowest BCUT2D eigenvalue weighted by atomic mass is 9.98. The summed E-state index contributed by atoms with van der Waals surface area (Å²) in [5.41, 5.74) is 2.72. The minimum absolute atomic E-state index is 0.143. The van der Waals surface area contributed by atoms with Crippen LogP contribution in [0.1, 0.15) is 18.9 Å². The summed E-state index contributed by atoms with van der Waals surface area (Å²) in [7, 11) is -3.02. The van der Waals surface area contributed by atoms with E-state index in [-0.39, 0.29) is 11.7 Å². The molecule has 1 unspecified atom stereocenters. The summed E-state index contributed by atoms with van der Waals surface area (Å²) in [5.74, 6) is 4.36. The van der Waals surface area contributed by atoms with Crippen molar-refractivity contribution in [3.63, 3.8) is 0 Å². The van der Waals surface area contributed by atoms with Crippen LogP contribution in [0.2, 0.25) is 0 Å². The van der Waals surface area contributed by atoms with E-state index in [4.69, 9.17) is 9.66 Å². The second kappa shape index (κ2) is 7.20. The fourth-order valence-electron chi connectivity index (χ4n) is 2.88. The van der Waals surface area contributed by atoms with E-state index in [1.807, 2.05) is 30.3 Å². The maximum absolute atomic E-state index is 12.5. The summed E-state index contributed by atoms with van der Waals surface area (Å²) in [6.07, 6.45) is -0.843. The van der Waals surface area contributed by atoms with E-state index in [0.717, 1.165) is 11.1 Å². The van der Waals surface area contributed by atoms with Crippen molar-refractivity contribution >= 4 is 15.6 Å². The van der Waals surface area contributed by atoms with Crippen molar-refractivity contribution in [3.8, 4) is 33.9 Å². The molecule has 0 saturated heterocycles. The van der Waals surface area contributed by atoms with Gasteiger partial charge in [0.15, 0.2) is 0 Å². The molecular formula is C18H17N7O3S. The number of hydrogen-bond donors (Lipinski definition) is 3. The average Bonchev–Trinajstić information content (AvgIpc) is 3.39. The van der Waals surface area contributed by atoms with Gasteiger partial charge in [0, 0.05) is 11.1 Å². The van der Waals surface area contributed by atoms with Crippen molar-refractivity contribution in [2.45, 2.75) is 17.9 Å². The number of nitrogens with zero attached hydrogens (tertiary/aromatic N) is 5. The molecule has 2 heterocycles. The molecular weight excluding hydrogens is 394 g/mol. The van der Waals surface area contributed by atoms with E-state index in [1.165, 1.54) is 0 Å². The Balaban J connectivity index is 1.81. The van der Waals surface area contributed by atoms with Crippen molar-refractivity contribution in [2.24, 2.45) is 5.14 Å². The van der Waals surface area contributed by atoms with Crippen molar-refractivity contribution in [1.82, 2.24) is 30.8 Å². The molecule has 0 radical (unpaired) electrons. The molecule has 4 N–H and O–H groups in total. The van der Waals surface area contributed by atoms with Crippen molar-refractivity contribution < 1.29 is 13.8 Å². The number of benzene rings is 2. The number of aromatic amines is 1. The lowest BCUT2D eigenvalue weighted by Gasteiger charge is -2.13. The molecule has 11 heteroatoms. The summed E-state index contributed by atoms with van der Waals surface area (Å²) in [4.78, 5) is 4.50. The van der Waals surface area contributed by atoms with Gasteiger partial charge in [0.05, 0.1) is 14.6 Å². The summed E-state index contributed by atoms with van der Waals surface area (Å²) in [6.45, 7) is 1.55. The minimum atomic E-state index is -3.02. The van der Waals surface area contributed by atoms with Crippen LogP contribution in [0.4, 0.5) is 0 Å². The quantitative estimate of drug-likeness (QED) is 0.418. The van der Waals surface area contributed by atoms with E-state index in [1.54, 1.807) is 19.1 Å². The van der Waals surface area contributed by atoms with Gasteiger partial charge in [-0.25, -0.2) is 4.21 Å². The lowest BCUT2D eigenvalue weighted by molar-refractivity contribution is 0.152. The van der Waals surface area contributed by atoms with Gasteiger partial charge in [0.2, 0.25) is 11.6 Å². The van der Waals surface area contributed by atoms with Gasteiger partial charge in [-0.1, -0.05) is 41.6 Å². The standard InChI is InChI=1S/C18H17N7O3S/c1-10(26)18-20-16(23-28-18)12-8-6-11(7-9-12)13-4-3-5-14(29(2,19)27)15(13)17-21-24-25-22-17/h3-10,26H,2H2,1H3,(H2,19,27)(H,21,22,24,25)/t10-,29?/m0/s1. The third-order valence-corrected chi connectivity index (χ3v) is 5.31. The Bertz CT molecular complexity index is 1250. The monoisotopic (exact) mass is 411 g/mol. The van der Waals surface area contributed by atoms with Gasteiger partial charge in [-0.05, 0) is 35.2 Å². The van der Waals surface area contributed by atoms with Gasteiger partial charge in [0.25, 0.3) is 5.89 Å². The zero-order chi connectivity index (χ0) is 20.6. The zero-order valence-electron chi connectivity index (χ0n) is 15.3. The van der Waals surface area contributed by atoms with Crippen molar-refractivity contribution in [2.75, 3.05) is 0 Å². The largest absolute Gasteiger partial charge is 0.384 e. The molecule has 29 heavy (non-hydrogen) atoms. The Labute approximate surface area is 165 Å². The van der Waals surface area contributed by atoms with Gasteiger partial charge in [-0.15, -0.1) is 10.2 Å². The Kier molecular flexibility index (Phi) is 4.70. The van der Waals surface area contributed by atoms with Crippen LogP contribution in [0.15, 0.2) is 51.9 Å². The fourth-order valence-corrected chi connectivity index (χ4v) is 3.73. The highest BCUT2D eigenvalue weighted by molar-refractivity contribution is 7.98. The van der Waals surface area contributed by atoms with Gasteiger partial charge in [-0.3, -0.25) is 5.14 Å². The highest BCUT2D eigenvalue weighted by atomic mass is 32.2. The second-order valence-electron chi connectivity index (χ2n) is 6.35. The summed E-state index contributed by atoms with van der Waals surface area (Å²) >= 11 is 0. The highest BCUT2D eigenvalue weighted by Gasteiger charge is 2.20. The Morgan fingerprint density at radius 3 is 2.48 bits per heavy atom. The summed E-state index contributed by atoms with van der Waals surface area (Å²) in [5, 5.41) is 33.3. The number of aromatic nitrogens is 6. The molecule has 4 rings (SSSR count). The summed E-state index contributed by atoms with van der Waals surface area (Å²) < 4.78 is 17.5. The normalized spacial score (nSPS) is 14.4. The molecule has 0 spiro atoms. The maximum atomic E-state index is 12.5. The average molecular weight is 411 g/mol. The molecule has 2 atom stereocenters. The number of hydrogen-bond acceptors (Lipinski definition) is 8. The first-order chi connectivity index (χ1) is 13.8. The van der Waals surface area contributed by atoms with Gasteiger partial charge in [0.1, 0.15) is 6.10 Å². The molecule has 0 fully saturated rings. The van der Waals surface area contributed by atoms with Crippen LogP contribution in [0.5, 0.6) is 0 Å². The SMILES string of the molecule is C=S(N)(=O)c1cccc(-c2ccc(-c3noc([C@H](C)O)n3)cc2)c1-c1nn[nH]n1. The van der Waals surface area contributed by atoms with E-state index in [9.17, 15) is 9.32 Å². The second-order valence-corrected chi connectivity index (χ2v) is 8.24. The Morgan fingerprint density at radius 1 is 1.17 bits per heavy atom. The third-order valence-electron chi connectivity index (χ3n) is 4.22. The van der Waals surface area contributed by atoms with Gasteiger partial charge in [-0.2, -0.15) is 10.2 Å². The molecule has 0 aliphatic heterocycles. The molecule has 0 aliphatic rings. The topological polar surface area (TPSA) is 157 Å². The molecule has 2 aromatic carbocycles. The van der Waals surface area contributed by atoms with Gasteiger partial charge < -0.3 is 9.63 Å². The first kappa shape index (κ1) is 18.9. The summed E-state index contributed by atoms with van der Waals surface area (Å²) in [6, 6.07) is 12.5. The molecule has 148 valence electrons. The van der Waals surface area contributed by atoms with Crippen LogP contribution in [0.3, 0.4) is 0 Å². The predicted octanol–water partition coefficient (Wildman–Crippen LogP) is 1.59. The number of aliphatic hydroxyl groups is 1. The smallest absolute Gasteiger partial charge is 0.255 e. The maximum Gasteiger partial charge on any atom is 0.255 e. The van der Waals surface area contributed by atoms with Crippen LogP contribution in [-0.2, 0) is 9.71 Å². The van der Waals surface area contributed by atoms with Gasteiger partial charge >= 0.3 is 0 Å². The van der Waals surface area contributed by atoms with E-state index >= 15 is 0 Å². The molecule has 2 aromatic heterocycles. The molecule has 0 amide bonds. The minimum Gasteiger partial charge on any atom is -0.384 e. The van der Waals surface area contributed by atoms with Crippen molar-refractivity contribution in [1.29, 1.82) is 0 Å². The molecule has 0 bridgehead atoms. The molecule has 0 saturated carbocycles. The molecule has 4 aromatic rings. The fraction of sp³-hybridized carbons (Fsp3) is 0.111. The van der Waals surface area contributed by atoms with Crippen molar-refractivity contribution in [3.05, 3.63) is 48.4 Å². The number of rotatable bonds is 5. The predicted molar refractivity (Wildman–Crippen MR) is 107 cm³/mol. The Morgan fingerprint density at radius 2 is 1.90 bits per heavy atom. The number of aliphatic hydroxyl groups excluding tert-OH is 1. The number of nitrogens with one attached hydrogen (secondary N) is 1. The first-order valence-electron chi connectivity index (χ1n) is 8.49. The molecule has 10 nitrogen and oxygen atoms in total. The first-order valence-corrected chi connectivity index (χ1v) is 10.3. The lowest BCUT2D eigenvalue weighted by Crippen LogP contribution is -2.14.